The Balaban J connectivity index is 2.59. The minimum atomic E-state index is -4.63. The summed E-state index contributed by atoms with van der Waals surface area (Å²) in [6.45, 7) is 3.32. The molecule has 20 heavy (non-hydrogen) atoms. The fourth-order valence-corrected chi connectivity index (χ4v) is 2.79. The molecule has 1 N–H and O–H groups in total. The highest BCUT2D eigenvalue weighted by molar-refractivity contribution is 5.53. The van der Waals surface area contributed by atoms with Gasteiger partial charge in [-0.05, 0) is 17.9 Å². The molecule has 1 aliphatic rings. The Hall–Kier alpha value is -1.63. The van der Waals surface area contributed by atoms with Crippen LogP contribution < -0.4 is 0 Å². The van der Waals surface area contributed by atoms with Gasteiger partial charge in [0.15, 0.2) is 0 Å². The predicted molar refractivity (Wildman–Crippen MR) is 65.3 cm³/mol. The number of nitro benzene ring substituents is 1. The largest absolute Gasteiger partial charge is 0.416 e. The van der Waals surface area contributed by atoms with Gasteiger partial charge >= 0.3 is 6.18 Å². The van der Waals surface area contributed by atoms with Gasteiger partial charge in [-0.15, -0.1) is 0 Å². The third-order valence-electron chi connectivity index (χ3n) is 4.22. The van der Waals surface area contributed by atoms with Crippen molar-refractivity contribution >= 4 is 5.69 Å². The number of alkyl halides is 3. The first-order valence-corrected chi connectivity index (χ1v) is 6.02. The van der Waals surface area contributed by atoms with E-state index in [-0.39, 0.29) is 17.6 Å². The first-order valence-electron chi connectivity index (χ1n) is 6.02. The Morgan fingerprint density at radius 2 is 1.95 bits per heavy atom. The summed E-state index contributed by atoms with van der Waals surface area (Å²) < 4.78 is 37.9. The molecule has 0 amide bonds. The van der Waals surface area contributed by atoms with Crippen LogP contribution >= 0.6 is 0 Å². The van der Waals surface area contributed by atoms with Gasteiger partial charge in [-0.1, -0.05) is 19.9 Å². The zero-order valence-electron chi connectivity index (χ0n) is 11.0. The molecule has 2 rings (SSSR count). The van der Waals surface area contributed by atoms with Crippen molar-refractivity contribution in [3.05, 3.63) is 39.4 Å². The summed E-state index contributed by atoms with van der Waals surface area (Å²) >= 11 is 0. The summed E-state index contributed by atoms with van der Waals surface area (Å²) in [6.07, 6.45) is -4.13. The Kier molecular flexibility index (Phi) is 3.09. The van der Waals surface area contributed by atoms with E-state index in [9.17, 15) is 28.4 Å². The van der Waals surface area contributed by atoms with Crippen LogP contribution in [0.5, 0.6) is 0 Å². The standard InChI is InChI=1S/C13H14F3NO3/c1-11(2)6-12(11,7-18)9-4-3-8(13(14,15)16)5-10(9)17(19)20/h3-5,18H,6-7H2,1-2H3. The lowest BCUT2D eigenvalue weighted by atomic mass is 9.87. The maximum atomic E-state index is 12.6. The molecule has 0 aromatic heterocycles. The van der Waals surface area contributed by atoms with Gasteiger partial charge in [-0.2, -0.15) is 13.2 Å². The fraction of sp³-hybridized carbons (Fsp3) is 0.538. The molecular weight excluding hydrogens is 275 g/mol. The molecule has 1 aromatic rings. The summed E-state index contributed by atoms with van der Waals surface area (Å²) in [4.78, 5) is 10.2. The number of aliphatic hydroxyl groups excluding tert-OH is 1. The number of rotatable bonds is 3. The molecule has 0 saturated heterocycles. The van der Waals surface area contributed by atoms with E-state index < -0.39 is 27.8 Å². The van der Waals surface area contributed by atoms with Gasteiger partial charge < -0.3 is 5.11 Å². The number of benzene rings is 1. The highest BCUT2D eigenvalue weighted by Crippen LogP contribution is 2.65. The maximum absolute atomic E-state index is 12.6. The van der Waals surface area contributed by atoms with Crippen LogP contribution in [0, 0.1) is 15.5 Å². The van der Waals surface area contributed by atoms with E-state index >= 15 is 0 Å². The van der Waals surface area contributed by atoms with Crippen molar-refractivity contribution < 1.29 is 23.2 Å². The average Bonchev–Trinajstić information content (AvgIpc) is 2.90. The van der Waals surface area contributed by atoms with E-state index in [1.807, 2.05) is 13.8 Å². The highest BCUT2D eigenvalue weighted by atomic mass is 19.4. The van der Waals surface area contributed by atoms with Crippen molar-refractivity contribution in [2.24, 2.45) is 5.41 Å². The minimum absolute atomic E-state index is 0.169. The second-order valence-electron chi connectivity index (χ2n) is 5.79. The van der Waals surface area contributed by atoms with Crippen molar-refractivity contribution in [2.75, 3.05) is 6.61 Å². The van der Waals surface area contributed by atoms with E-state index in [1.165, 1.54) is 0 Å². The van der Waals surface area contributed by atoms with E-state index in [0.29, 0.717) is 12.5 Å². The molecule has 110 valence electrons. The predicted octanol–water partition coefficient (Wildman–Crippen LogP) is 3.27. The average molecular weight is 289 g/mol. The fourth-order valence-electron chi connectivity index (χ4n) is 2.79. The summed E-state index contributed by atoms with van der Waals surface area (Å²) in [5.74, 6) is 0. The smallest absolute Gasteiger partial charge is 0.395 e. The SMILES string of the molecule is CC1(C)CC1(CO)c1ccc(C(F)(F)F)cc1[N+](=O)[O-]. The van der Waals surface area contributed by atoms with Crippen LogP contribution in [-0.2, 0) is 11.6 Å². The maximum Gasteiger partial charge on any atom is 0.416 e. The molecule has 0 radical (unpaired) electrons. The van der Waals surface area contributed by atoms with E-state index in [2.05, 4.69) is 0 Å². The lowest BCUT2D eigenvalue weighted by Gasteiger charge is -2.19. The Labute approximate surface area is 113 Å². The number of hydrogen-bond acceptors (Lipinski definition) is 3. The monoisotopic (exact) mass is 289 g/mol. The summed E-state index contributed by atoms with van der Waals surface area (Å²) in [5.41, 5.74) is -2.67. The van der Waals surface area contributed by atoms with Crippen LogP contribution in [0.15, 0.2) is 18.2 Å². The highest BCUT2D eigenvalue weighted by Gasteiger charge is 2.63. The van der Waals surface area contributed by atoms with Crippen LogP contribution in [0.25, 0.3) is 0 Å². The molecular formula is C13H14F3NO3. The molecule has 7 heteroatoms. The molecule has 0 heterocycles. The van der Waals surface area contributed by atoms with Gasteiger partial charge in [0.2, 0.25) is 0 Å². The zero-order chi connectivity index (χ0) is 15.3. The van der Waals surface area contributed by atoms with Crippen LogP contribution in [0.4, 0.5) is 18.9 Å². The molecule has 0 bridgehead atoms. The summed E-state index contributed by atoms with van der Waals surface area (Å²) in [5, 5.41) is 20.6. The molecule has 4 nitrogen and oxygen atoms in total. The molecule has 1 fully saturated rings. The molecule has 1 aromatic carbocycles. The van der Waals surface area contributed by atoms with Gasteiger partial charge in [-0.3, -0.25) is 10.1 Å². The molecule has 1 aliphatic carbocycles. The third kappa shape index (κ3) is 2.06. The van der Waals surface area contributed by atoms with E-state index in [0.717, 1.165) is 12.1 Å². The lowest BCUT2D eigenvalue weighted by Crippen LogP contribution is -2.21. The van der Waals surface area contributed by atoms with Crippen molar-refractivity contribution in [2.45, 2.75) is 31.9 Å². The van der Waals surface area contributed by atoms with Crippen LogP contribution in [0.1, 0.15) is 31.4 Å². The van der Waals surface area contributed by atoms with Gasteiger partial charge in [0.05, 0.1) is 17.1 Å². The van der Waals surface area contributed by atoms with Crippen molar-refractivity contribution in [3.8, 4) is 0 Å². The van der Waals surface area contributed by atoms with Crippen molar-refractivity contribution in [1.29, 1.82) is 0 Å². The topological polar surface area (TPSA) is 63.4 Å². The van der Waals surface area contributed by atoms with Crippen molar-refractivity contribution in [3.63, 3.8) is 0 Å². The minimum Gasteiger partial charge on any atom is -0.395 e. The van der Waals surface area contributed by atoms with Gasteiger partial charge in [-0.25, -0.2) is 0 Å². The third-order valence-corrected chi connectivity index (χ3v) is 4.22. The molecule has 0 spiro atoms. The Morgan fingerprint density at radius 1 is 1.40 bits per heavy atom. The number of nitro groups is 1. The second-order valence-corrected chi connectivity index (χ2v) is 5.79. The lowest BCUT2D eigenvalue weighted by molar-refractivity contribution is -0.386. The quantitative estimate of drug-likeness (QED) is 0.686. The van der Waals surface area contributed by atoms with Gasteiger partial charge in [0.25, 0.3) is 5.69 Å². The van der Waals surface area contributed by atoms with Crippen LogP contribution in [-0.4, -0.2) is 16.6 Å². The van der Waals surface area contributed by atoms with E-state index in [1.54, 1.807) is 0 Å². The molecule has 1 atom stereocenters. The number of aliphatic hydroxyl groups is 1. The zero-order valence-corrected chi connectivity index (χ0v) is 11.0. The summed E-state index contributed by atoms with van der Waals surface area (Å²) in [6, 6.07) is 2.49. The number of nitrogens with zero attached hydrogens (tertiary/aromatic N) is 1. The van der Waals surface area contributed by atoms with Crippen molar-refractivity contribution in [1.82, 2.24) is 0 Å². The normalized spacial score (nSPS) is 24.5. The Bertz CT molecular complexity index is 568. The molecule has 1 saturated carbocycles. The first kappa shape index (κ1) is 14.8. The van der Waals surface area contributed by atoms with Crippen LogP contribution in [0.3, 0.4) is 0 Å². The van der Waals surface area contributed by atoms with E-state index in [4.69, 9.17) is 0 Å². The molecule has 1 unspecified atom stereocenters. The molecule has 0 aliphatic heterocycles. The second kappa shape index (κ2) is 4.18. The van der Waals surface area contributed by atoms with Gasteiger partial charge in [0, 0.05) is 17.0 Å². The number of hydrogen-bond donors (Lipinski definition) is 1. The summed E-state index contributed by atoms with van der Waals surface area (Å²) in [7, 11) is 0. The van der Waals surface area contributed by atoms with Crippen LogP contribution in [0.2, 0.25) is 0 Å². The number of halogens is 3. The first-order chi connectivity index (χ1) is 9.05. The van der Waals surface area contributed by atoms with Gasteiger partial charge in [0.1, 0.15) is 0 Å². The Morgan fingerprint density at radius 3 is 2.30 bits per heavy atom.